The maximum atomic E-state index is 14.0. The van der Waals surface area contributed by atoms with Crippen molar-refractivity contribution in [2.45, 2.75) is 6.42 Å². The van der Waals surface area contributed by atoms with E-state index in [4.69, 9.17) is 11.6 Å². The SMILES string of the molecule is Fc1cnc(-c2c[nH]c3ncc(Cl)cc23)nc1NC[C@H]1CCNC1.[HH].[HH]. The lowest BCUT2D eigenvalue weighted by molar-refractivity contribution is 0.594. The van der Waals surface area contributed by atoms with E-state index in [1.165, 1.54) is 6.20 Å². The average molecular weight is 351 g/mol. The Kier molecular flexibility index (Phi) is 4.03. The van der Waals surface area contributed by atoms with Crippen LogP contribution in [0.4, 0.5) is 10.2 Å². The number of halogens is 2. The number of aromatic nitrogens is 4. The zero-order valence-electron chi connectivity index (χ0n) is 12.8. The van der Waals surface area contributed by atoms with E-state index in [0.717, 1.165) is 30.5 Å². The number of nitrogens with one attached hydrogen (secondary N) is 3. The molecule has 1 atom stereocenters. The van der Waals surface area contributed by atoms with Crippen LogP contribution in [0.5, 0.6) is 0 Å². The van der Waals surface area contributed by atoms with Crippen LogP contribution in [0.2, 0.25) is 5.02 Å². The Hall–Kier alpha value is -2.25. The Balaban J connectivity index is 0.00000121. The molecule has 1 saturated heterocycles. The van der Waals surface area contributed by atoms with E-state index in [2.05, 4.69) is 30.6 Å². The Morgan fingerprint density at radius 3 is 3.12 bits per heavy atom. The number of pyridine rings is 1. The first kappa shape index (κ1) is 15.3. The van der Waals surface area contributed by atoms with Gasteiger partial charge in [-0.05, 0) is 31.5 Å². The van der Waals surface area contributed by atoms with Crippen LogP contribution in [0.25, 0.3) is 22.4 Å². The molecule has 0 radical (unpaired) electrons. The van der Waals surface area contributed by atoms with Crippen LogP contribution >= 0.6 is 11.6 Å². The molecule has 1 aliphatic heterocycles. The first-order valence-corrected chi connectivity index (χ1v) is 8.18. The molecule has 0 spiro atoms. The largest absolute Gasteiger partial charge is 0.367 e. The van der Waals surface area contributed by atoms with Gasteiger partial charge in [-0.25, -0.2) is 19.3 Å². The van der Waals surface area contributed by atoms with Gasteiger partial charge in [-0.1, -0.05) is 11.6 Å². The lowest BCUT2D eigenvalue weighted by atomic mass is 10.1. The summed E-state index contributed by atoms with van der Waals surface area (Å²) in [4.78, 5) is 15.7. The highest BCUT2D eigenvalue weighted by Gasteiger charge is 2.17. The number of anilines is 1. The minimum Gasteiger partial charge on any atom is -0.367 e. The normalized spacial score (nSPS) is 17.5. The van der Waals surface area contributed by atoms with Gasteiger partial charge in [-0.3, -0.25) is 0 Å². The van der Waals surface area contributed by atoms with E-state index in [9.17, 15) is 4.39 Å². The first-order valence-electron chi connectivity index (χ1n) is 7.81. The molecule has 1 aliphatic rings. The highest BCUT2D eigenvalue weighted by atomic mass is 35.5. The second-order valence-electron chi connectivity index (χ2n) is 5.88. The van der Waals surface area contributed by atoms with E-state index in [0.29, 0.717) is 29.0 Å². The highest BCUT2D eigenvalue weighted by molar-refractivity contribution is 6.31. The van der Waals surface area contributed by atoms with Crippen molar-refractivity contribution >= 4 is 28.5 Å². The minimum absolute atomic E-state index is 0. The van der Waals surface area contributed by atoms with Crippen molar-refractivity contribution in [1.82, 2.24) is 25.3 Å². The van der Waals surface area contributed by atoms with Crippen LogP contribution in [0.15, 0.2) is 24.7 Å². The van der Waals surface area contributed by atoms with E-state index < -0.39 is 5.82 Å². The van der Waals surface area contributed by atoms with Crippen molar-refractivity contribution < 1.29 is 7.24 Å². The molecule has 0 unspecified atom stereocenters. The topological polar surface area (TPSA) is 78.5 Å². The molecule has 6 nitrogen and oxygen atoms in total. The minimum atomic E-state index is -0.458. The third-order valence-corrected chi connectivity index (χ3v) is 4.41. The molecule has 0 bridgehead atoms. The number of fused-ring (bicyclic) bond motifs is 1. The smallest absolute Gasteiger partial charge is 0.183 e. The Morgan fingerprint density at radius 1 is 1.38 bits per heavy atom. The summed E-state index contributed by atoms with van der Waals surface area (Å²) >= 11 is 6.02. The molecule has 0 aliphatic carbocycles. The molecule has 128 valence electrons. The zero-order valence-corrected chi connectivity index (χ0v) is 13.6. The maximum Gasteiger partial charge on any atom is 0.183 e. The molecule has 1 fully saturated rings. The van der Waals surface area contributed by atoms with Crippen molar-refractivity contribution in [1.29, 1.82) is 0 Å². The van der Waals surface area contributed by atoms with Gasteiger partial charge in [-0.2, -0.15) is 0 Å². The fourth-order valence-corrected chi connectivity index (χ4v) is 3.07. The van der Waals surface area contributed by atoms with Crippen LogP contribution in [0.3, 0.4) is 0 Å². The fourth-order valence-electron chi connectivity index (χ4n) is 2.91. The maximum absolute atomic E-state index is 14.0. The zero-order chi connectivity index (χ0) is 16.5. The molecule has 0 amide bonds. The number of nitrogens with zero attached hydrogens (tertiary/aromatic N) is 3. The number of hydrogen-bond donors (Lipinski definition) is 3. The number of hydrogen-bond acceptors (Lipinski definition) is 5. The van der Waals surface area contributed by atoms with E-state index >= 15 is 0 Å². The Bertz CT molecular complexity index is 884. The van der Waals surface area contributed by atoms with Crippen LogP contribution in [0.1, 0.15) is 9.27 Å². The highest BCUT2D eigenvalue weighted by Crippen LogP contribution is 2.28. The van der Waals surface area contributed by atoms with Crippen LogP contribution in [0, 0.1) is 11.7 Å². The van der Waals surface area contributed by atoms with E-state index in [1.54, 1.807) is 18.5 Å². The fraction of sp³-hybridized carbons (Fsp3) is 0.312. The molecule has 3 N–H and O–H groups in total. The molecular formula is C16H20ClFN6. The van der Waals surface area contributed by atoms with Crippen molar-refractivity contribution in [2.24, 2.45) is 5.92 Å². The van der Waals surface area contributed by atoms with Crippen LogP contribution < -0.4 is 10.6 Å². The predicted octanol–water partition coefficient (Wildman–Crippen LogP) is 3.33. The van der Waals surface area contributed by atoms with Crippen LogP contribution in [-0.4, -0.2) is 39.6 Å². The third-order valence-electron chi connectivity index (χ3n) is 4.20. The summed E-state index contributed by atoms with van der Waals surface area (Å²) in [6.45, 7) is 2.63. The summed E-state index contributed by atoms with van der Waals surface area (Å²) < 4.78 is 14.0. The van der Waals surface area contributed by atoms with Gasteiger partial charge < -0.3 is 15.6 Å². The predicted molar refractivity (Wildman–Crippen MR) is 95.8 cm³/mol. The molecular weight excluding hydrogens is 331 g/mol. The standard InChI is InChI=1S/C16H16ClFN6.2H2/c17-10-3-11-12(7-22-14(11)21-6-10)15-23-8-13(18)16(24-15)20-5-9-1-2-19-4-9;;/h3,6-9,19H,1-2,4-5H2,(H,21,22)(H,20,23,24);2*1H/t9-;;/m0../s1. The van der Waals surface area contributed by atoms with Crippen molar-refractivity contribution in [3.8, 4) is 11.4 Å². The average Bonchev–Trinajstić information content (AvgIpc) is 3.23. The second-order valence-corrected chi connectivity index (χ2v) is 6.32. The van der Waals surface area contributed by atoms with Crippen molar-refractivity contribution in [3.63, 3.8) is 0 Å². The van der Waals surface area contributed by atoms with Crippen molar-refractivity contribution in [3.05, 3.63) is 35.5 Å². The monoisotopic (exact) mass is 350 g/mol. The Labute approximate surface area is 145 Å². The lowest BCUT2D eigenvalue weighted by Gasteiger charge is -2.11. The van der Waals surface area contributed by atoms with Crippen LogP contribution in [-0.2, 0) is 0 Å². The van der Waals surface area contributed by atoms with Gasteiger partial charge in [0, 0.05) is 32.7 Å². The second kappa shape index (κ2) is 6.33. The number of rotatable bonds is 4. The summed E-state index contributed by atoms with van der Waals surface area (Å²) in [6, 6.07) is 1.79. The molecule has 0 saturated carbocycles. The lowest BCUT2D eigenvalue weighted by Crippen LogP contribution is -2.18. The quantitative estimate of drug-likeness (QED) is 0.672. The first-order chi connectivity index (χ1) is 11.7. The molecule has 24 heavy (non-hydrogen) atoms. The van der Waals surface area contributed by atoms with Gasteiger partial charge in [-0.15, -0.1) is 0 Å². The molecule has 3 aromatic heterocycles. The number of H-pyrrole nitrogens is 1. The van der Waals surface area contributed by atoms with Gasteiger partial charge in [0.15, 0.2) is 17.5 Å². The summed E-state index contributed by atoms with van der Waals surface area (Å²) in [5.74, 6) is 0.676. The summed E-state index contributed by atoms with van der Waals surface area (Å²) in [5.41, 5.74) is 1.43. The van der Waals surface area contributed by atoms with Gasteiger partial charge in [0.1, 0.15) is 5.65 Å². The van der Waals surface area contributed by atoms with Crippen molar-refractivity contribution in [2.75, 3.05) is 25.0 Å². The third kappa shape index (κ3) is 2.92. The summed E-state index contributed by atoms with van der Waals surface area (Å²) in [5, 5.41) is 7.72. The molecule has 4 heterocycles. The summed E-state index contributed by atoms with van der Waals surface area (Å²) in [6.07, 6.45) is 5.60. The summed E-state index contributed by atoms with van der Waals surface area (Å²) in [7, 11) is 0. The van der Waals surface area contributed by atoms with Gasteiger partial charge in [0.25, 0.3) is 0 Å². The molecule has 8 heteroatoms. The number of aromatic amines is 1. The Morgan fingerprint density at radius 2 is 2.29 bits per heavy atom. The molecule has 0 aromatic carbocycles. The van der Waals surface area contributed by atoms with E-state index in [-0.39, 0.29) is 8.67 Å². The molecule has 4 rings (SSSR count). The van der Waals surface area contributed by atoms with Gasteiger partial charge in [0.2, 0.25) is 0 Å². The van der Waals surface area contributed by atoms with E-state index in [1.807, 2.05) is 0 Å². The van der Waals surface area contributed by atoms with Gasteiger partial charge >= 0.3 is 0 Å². The van der Waals surface area contributed by atoms with Gasteiger partial charge in [0.05, 0.1) is 11.2 Å². The molecule has 3 aromatic rings.